The molecule has 254 valence electrons. The number of benzene rings is 4. The molecule has 0 fully saturated rings. The summed E-state index contributed by atoms with van der Waals surface area (Å²) in [6.07, 6.45) is -4.14. The van der Waals surface area contributed by atoms with E-state index in [-0.39, 0.29) is 22.9 Å². The van der Waals surface area contributed by atoms with Gasteiger partial charge < -0.3 is 15.0 Å². The van der Waals surface area contributed by atoms with Crippen LogP contribution < -0.4 is 14.4 Å². The van der Waals surface area contributed by atoms with Crippen molar-refractivity contribution in [2.24, 2.45) is 0 Å². The molecule has 4 rings (SSSR count). The van der Waals surface area contributed by atoms with Gasteiger partial charge in [-0.25, -0.2) is 8.42 Å². The van der Waals surface area contributed by atoms with E-state index in [0.717, 1.165) is 17.7 Å². The molecule has 0 saturated heterocycles. The first-order valence-corrected chi connectivity index (χ1v) is 16.9. The van der Waals surface area contributed by atoms with Gasteiger partial charge in [-0.15, -0.1) is 0 Å². The summed E-state index contributed by atoms with van der Waals surface area (Å²) in [6, 6.07) is 23.9. The van der Waals surface area contributed by atoms with E-state index in [9.17, 15) is 31.2 Å². The molecular formula is C35H35ClF3N3O5S. The second-order valence-electron chi connectivity index (χ2n) is 10.9. The lowest BCUT2D eigenvalue weighted by atomic mass is 10.0. The zero-order valence-electron chi connectivity index (χ0n) is 26.3. The SMILES string of the molecule is CCCNC(=O)[C@@H](Cc1ccccc1)N(Cc1cccc(OC)c1)C(=O)CN(c1cc(C(F)(F)F)ccc1Cl)S(=O)(=O)c1ccccc1. The summed E-state index contributed by atoms with van der Waals surface area (Å²) in [6.45, 7) is 1.08. The van der Waals surface area contributed by atoms with Gasteiger partial charge in [-0.1, -0.05) is 79.2 Å². The monoisotopic (exact) mass is 701 g/mol. The normalized spacial score (nSPS) is 12.2. The van der Waals surface area contributed by atoms with Gasteiger partial charge in [0.05, 0.1) is 28.3 Å². The summed E-state index contributed by atoms with van der Waals surface area (Å²) in [5.74, 6) is -0.844. The van der Waals surface area contributed by atoms with Crippen LogP contribution in [0.4, 0.5) is 18.9 Å². The molecule has 0 radical (unpaired) electrons. The number of nitrogens with zero attached hydrogens (tertiary/aromatic N) is 2. The topological polar surface area (TPSA) is 96.0 Å². The molecule has 0 unspecified atom stereocenters. The van der Waals surface area contributed by atoms with Gasteiger partial charge in [-0.05, 0) is 60.0 Å². The predicted octanol–water partition coefficient (Wildman–Crippen LogP) is 6.73. The lowest BCUT2D eigenvalue weighted by Gasteiger charge is -2.34. The van der Waals surface area contributed by atoms with E-state index in [4.69, 9.17) is 16.3 Å². The van der Waals surface area contributed by atoms with Gasteiger partial charge in [-0.2, -0.15) is 13.2 Å². The van der Waals surface area contributed by atoms with Crippen molar-refractivity contribution in [3.8, 4) is 5.75 Å². The lowest BCUT2D eigenvalue weighted by molar-refractivity contribution is -0.140. The molecule has 4 aromatic rings. The largest absolute Gasteiger partial charge is 0.497 e. The Kier molecular flexibility index (Phi) is 12.1. The van der Waals surface area contributed by atoms with Crippen molar-refractivity contribution in [1.29, 1.82) is 0 Å². The van der Waals surface area contributed by atoms with Gasteiger partial charge in [-0.3, -0.25) is 13.9 Å². The highest BCUT2D eigenvalue weighted by molar-refractivity contribution is 7.92. The van der Waals surface area contributed by atoms with Gasteiger partial charge >= 0.3 is 6.18 Å². The summed E-state index contributed by atoms with van der Waals surface area (Å²) in [5, 5.41) is 2.51. The Morgan fingerprint density at radius 1 is 0.896 bits per heavy atom. The zero-order valence-corrected chi connectivity index (χ0v) is 27.9. The van der Waals surface area contributed by atoms with Crippen LogP contribution in [0.15, 0.2) is 108 Å². The van der Waals surface area contributed by atoms with Crippen LogP contribution in [0.5, 0.6) is 5.75 Å². The maximum absolute atomic E-state index is 14.5. The third-order valence-corrected chi connectivity index (χ3v) is 9.55. The lowest BCUT2D eigenvalue weighted by Crippen LogP contribution is -2.53. The first-order chi connectivity index (χ1) is 22.8. The zero-order chi connectivity index (χ0) is 34.9. The number of hydrogen-bond donors (Lipinski definition) is 1. The Morgan fingerprint density at radius 3 is 2.17 bits per heavy atom. The molecule has 0 aliphatic heterocycles. The standard InChI is InChI=1S/C35H35ClF3N3O5S/c1-3-19-40-34(44)32(21-25-11-6-4-7-12-25)41(23-26-13-10-14-28(20-26)47-2)33(43)24-42(48(45,46)29-15-8-5-9-16-29)31-22-27(35(37,38)39)17-18-30(31)36/h4-18,20,22,32H,3,19,21,23-24H2,1-2H3,(H,40,44)/t32-/m1/s1. The summed E-state index contributed by atoms with van der Waals surface area (Å²) >= 11 is 6.36. The minimum atomic E-state index is -4.83. The van der Waals surface area contributed by atoms with Crippen molar-refractivity contribution in [3.63, 3.8) is 0 Å². The number of carbonyl (C=O) groups excluding carboxylic acids is 2. The maximum atomic E-state index is 14.5. The number of hydrogen-bond acceptors (Lipinski definition) is 5. The number of anilines is 1. The smallest absolute Gasteiger partial charge is 0.416 e. The highest BCUT2D eigenvalue weighted by atomic mass is 35.5. The molecule has 4 aromatic carbocycles. The van der Waals surface area contributed by atoms with Crippen LogP contribution in [0.25, 0.3) is 0 Å². The van der Waals surface area contributed by atoms with Crippen LogP contribution in [0.2, 0.25) is 5.02 Å². The van der Waals surface area contributed by atoms with Crippen molar-refractivity contribution < 1.29 is 35.9 Å². The van der Waals surface area contributed by atoms with Gasteiger partial charge in [0.2, 0.25) is 11.8 Å². The molecular weight excluding hydrogens is 667 g/mol. The van der Waals surface area contributed by atoms with E-state index in [2.05, 4.69) is 5.32 Å². The number of halogens is 4. The summed E-state index contributed by atoms with van der Waals surface area (Å²) in [5.41, 5.74) is -0.400. The number of carbonyl (C=O) groups is 2. The van der Waals surface area contributed by atoms with Crippen molar-refractivity contribution in [2.45, 2.75) is 43.4 Å². The highest BCUT2D eigenvalue weighted by Gasteiger charge is 2.37. The Labute approximate surface area is 283 Å². The Bertz CT molecular complexity index is 1810. The molecule has 0 heterocycles. The van der Waals surface area contributed by atoms with Gasteiger partial charge in [0.15, 0.2) is 0 Å². The van der Waals surface area contributed by atoms with E-state index in [0.29, 0.717) is 34.7 Å². The molecule has 0 spiro atoms. The molecule has 8 nitrogen and oxygen atoms in total. The fraction of sp³-hybridized carbons (Fsp3) is 0.257. The van der Waals surface area contributed by atoms with Crippen molar-refractivity contribution in [3.05, 3.63) is 125 Å². The number of amides is 2. The molecule has 0 saturated carbocycles. The third-order valence-electron chi connectivity index (χ3n) is 7.46. The van der Waals surface area contributed by atoms with E-state index in [1.165, 1.54) is 36.3 Å². The minimum Gasteiger partial charge on any atom is -0.497 e. The van der Waals surface area contributed by atoms with Gasteiger partial charge in [0, 0.05) is 19.5 Å². The Balaban J connectivity index is 1.87. The summed E-state index contributed by atoms with van der Waals surface area (Å²) in [7, 11) is -3.18. The predicted molar refractivity (Wildman–Crippen MR) is 178 cm³/mol. The minimum absolute atomic E-state index is 0.0713. The van der Waals surface area contributed by atoms with Gasteiger partial charge in [0.1, 0.15) is 18.3 Å². The number of sulfonamides is 1. The van der Waals surface area contributed by atoms with E-state index < -0.39 is 51.9 Å². The first kappa shape index (κ1) is 36.3. The van der Waals surface area contributed by atoms with E-state index in [1.807, 2.05) is 6.92 Å². The van der Waals surface area contributed by atoms with Crippen molar-refractivity contribution in [2.75, 3.05) is 24.5 Å². The van der Waals surface area contributed by atoms with E-state index in [1.54, 1.807) is 60.7 Å². The maximum Gasteiger partial charge on any atom is 0.416 e. The quantitative estimate of drug-likeness (QED) is 0.157. The summed E-state index contributed by atoms with van der Waals surface area (Å²) < 4.78 is 75.6. The van der Waals surface area contributed by atoms with Crippen LogP contribution in [0.1, 0.15) is 30.0 Å². The van der Waals surface area contributed by atoms with Crippen LogP contribution in [0, 0.1) is 0 Å². The molecule has 48 heavy (non-hydrogen) atoms. The molecule has 2 amide bonds. The highest BCUT2D eigenvalue weighted by Crippen LogP contribution is 2.37. The van der Waals surface area contributed by atoms with Crippen molar-refractivity contribution >= 4 is 39.1 Å². The second kappa shape index (κ2) is 16.0. The number of ether oxygens (including phenoxy) is 1. The number of alkyl halides is 3. The number of rotatable bonds is 14. The fourth-order valence-electron chi connectivity index (χ4n) is 5.00. The number of nitrogens with one attached hydrogen (secondary N) is 1. The molecule has 1 N–H and O–H groups in total. The fourth-order valence-corrected chi connectivity index (χ4v) is 6.72. The van der Waals surface area contributed by atoms with Crippen LogP contribution in [-0.2, 0) is 38.8 Å². The molecule has 0 aliphatic rings. The Hall–Kier alpha value is -4.55. The van der Waals surface area contributed by atoms with Gasteiger partial charge in [0.25, 0.3) is 10.0 Å². The number of methoxy groups -OCH3 is 1. The van der Waals surface area contributed by atoms with Crippen molar-refractivity contribution in [1.82, 2.24) is 10.2 Å². The first-order valence-electron chi connectivity index (χ1n) is 15.0. The second-order valence-corrected chi connectivity index (χ2v) is 13.1. The molecule has 0 aromatic heterocycles. The van der Waals surface area contributed by atoms with Crippen LogP contribution in [0.3, 0.4) is 0 Å². The molecule has 0 aliphatic carbocycles. The third kappa shape index (κ3) is 9.07. The van der Waals surface area contributed by atoms with Crippen LogP contribution in [-0.4, -0.2) is 51.4 Å². The average Bonchev–Trinajstić information content (AvgIpc) is 3.08. The molecule has 1 atom stereocenters. The molecule has 13 heteroatoms. The van der Waals surface area contributed by atoms with Crippen LogP contribution >= 0.6 is 11.6 Å². The molecule has 0 bridgehead atoms. The summed E-state index contributed by atoms with van der Waals surface area (Å²) in [4.78, 5) is 29.2. The Morgan fingerprint density at radius 2 is 1.54 bits per heavy atom. The van der Waals surface area contributed by atoms with E-state index >= 15 is 0 Å². The average molecular weight is 702 g/mol.